The number of aliphatic hydroxyl groups excluding tert-OH is 1. The Bertz CT molecular complexity index is 2000. The summed E-state index contributed by atoms with van der Waals surface area (Å²) in [6.45, 7) is -1.78. The van der Waals surface area contributed by atoms with Crippen molar-refractivity contribution in [3.63, 3.8) is 0 Å². The summed E-state index contributed by atoms with van der Waals surface area (Å²) < 4.78 is 107. The zero-order valence-corrected chi connectivity index (χ0v) is 31.6. The van der Waals surface area contributed by atoms with E-state index in [2.05, 4.69) is 23.2 Å². The van der Waals surface area contributed by atoms with Gasteiger partial charge in [0.15, 0.2) is 23.3 Å². The molecule has 0 radical (unpaired) electrons. The van der Waals surface area contributed by atoms with Gasteiger partial charge in [-0.3, -0.25) is 32.6 Å². The van der Waals surface area contributed by atoms with Gasteiger partial charge >= 0.3 is 81.1 Å². The summed E-state index contributed by atoms with van der Waals surface area (Å²) in [4.78, 5) is 89.5. The summed E-state index contributed by atoms with van der Waals surface area (Å²) in [6.07, 6.45) is -2.04. The molecule has 3 N–H and O–H groups in total. The number of hydrogen-bond donors (Lipinski definition) is 3. The third kappa shape index (κ3) is 16.2. The number of rotatable bonds is 16. The molecule has 2 aromatic rings. The first-order chi connectivity index (χ1) is 23.6. The van der Waals surface area contributed by atoms with Crippen LogP contribution in [0.15, 0.2) is 27.0 Å². The first-order valence-electron chi connectivity index (χ1n) is 13.2. The first kappa shape index (κ1) is 55.9. The Morgan fingerprint density at radius 1 is 1.09 bits per heavy atom. The van der Waals surface area contributed by atoms with Crippen LogP contribution >= 0.6 is 23.5 Å². The molecule has 55 heavy (non-hydrogen) atoms. The van der Waals surface area contributed by atoms with Crippen LogP contribution in [0.3, 0.4) is 0 Å². The maximum Gasteiger partial charge on any atom is 1.00 e. The van der Waals surface area contributed by atoms with Crippen molar-refractivity contribution in [3.05, 3.63) is 77.9 Å². The van der Waals surface area contributed by atoms with E-state index < -0.39 is 120 Å². The number of phosphoric acid groups is 3. The number of amides is 1. The molecule has 1 aromatic heterocycles. The van der Waals surface area contributed by atoms with Gasteiger partial charge in [0.05, 0.1) is 39.2 Å². The van der Waals surface area contributed by atoms with Crippen LogP contribution in [0.1, 0.15) is 30.7 Å². The molecule has 1 aliphatic rings. The van der Waals surface area contributed by atoms with Gasteiger partial charge in [0.2, 0.25) is 5.91 Å². The Labute approximate surface area is 352 Å². The number of halogens is 4. The van der Waals surface area contributed by atoms with E-state index in [1.54, 1.807) is 0 Å². The number of nitrogens with one attached hydrogen (secondary N) is 2. The smallest absolute Gasteiger partial charge is 0.790 e. The van der Waals surface area contributed by atoms with Crippen molar-refractivity contribution in [1.82, 2.24) is 20.1 Å². The van der Waals surface area contributed by atoms with Gasteiger partial charge in [-0.15, -0.1) is 0 Å². The predicted octanol–water partition coefficient (Wildman–Crippen LogP) is -13.0. The van der Waals surface area contributed by atoms with Crippen molar-refractivity contribution in [2.75, 3.05) is 13.2 Å². The van der Waals surface area contributed by atoms with E-state index in [0.29, 0.717) is 5.06 Å². The van der Waals surface area contributed by atoms with Gasteiger partial charge < -0.3 is 38.5 Å². The van der Waals surface area contributed by atoms with Crippen LogP contribution in [0.25, 0.3) is 16.5 Å². The van der Waals surface area contributed by atoms with Gasteiger partial charge in [-0.2, -0.15) is 15.5 Å². The summed E-state index contributed by atoms with van der Waals surface area (Å²) in [5, 5.41) is 13.3. The number of H-pyrrole nitrogens is 1. The van der Waals surface area contributed by atoms with Crippen molar-refractivity contribution in [2.24, 2.45) is 5.11 Å². The fourth-order valence-corrected chi connectivity index (χ4v) is 6.82. The van der Waals surface area contributed by atoms with E-state index in [0.717, 1.165) is 29.8 Å². The number of phosphoric ester groups is 1. The maximum atomic E-state index is 14.2. The van der Waals surface area contributed by atoms with E-state index in [4.69, 9.17) is 15.2 Å². The van der Waals surface area contributed by atoms with Crippen molar-refractivity contribution < 1.29 is 159 Å². The fraction of sp³-hybridized carbons (Fsp3) is 0.381. The second-order valence-corrected chi connectivity index (χ2v) is 13.9. The third-order valence-electron chi connectivity index (χ3n) is 6.13. The average Bonchev–Trinajstić information content (AvgIpc) is 3.37. The number of hydrogen-bond acceptors (Lipinski definition) is 18. The zero-order valence-electron chi connectivity index (χ0n) is 29.0. The summed E-state index contributed by atoms with van der Waals surface area (Å²) in [7, 11) is -18.5. The Morgan fingerprint density at radius 3 is 2.20 bits per heavy atom. The molecular weight excluding hydrogens is 803 g/mol. The maximum absolute atomic E-state index is 14.2. The molecule has 0 bridgehead atoms. The van der Waals surface area contributed by atoms with Gasteiger partial charge in [0.25, 0.3) is 21.2 Å². The summed E-state index contributed by atoms with van der Waals surface area (Å²) in [5.74, 6) is -8.69. The predicted molar refractivity (Wildman–Crippen MR) is 146 cm³/mol. The van der Waals surface area contributed by atoms with E-state index in [1.807, 2.05) is 10.5 Å². The molecule has 2 heterocycles. The number of ether oxygens (including phenoxy) is 1. The summed E-state index contributed by atoms with van der Waals surface area (Å²) >= 11 is 0. The van der Waals surface area contributed by atoms with E-state index in [9.17, 15) is 70.3 Å². The van der Waals surface area contributed by atoms with Crippen molar-refractivity contribution in [1.29, 1.82) is 0 Å². The molecule has 0 spiro atoms. The fourth-order valence-electron chi connectivity index (χ4n) is 3.96. The molecule has 1 aromatic carbocycles. The van der Waals surface area contributed by atoms with E-state index >= 15 is 0 Å². The minimum atomic E-state index is -6.26. The van der Waals surface area contributed by atoms with Crippen LogP contribution in [-0.2, 0) is 47.9 Å². The summed E-state index contributed by atoms with van der Waals surface area (Å²) in [6, 6.07) is 0. The van der Waals surface area contributed by atoms with Crippen LogP contribution in [0, 0.1) is 23.3 Å². The molecule has 1 saturated heterocycles. The number of aromatic amines is 1. The largest absolute Gasteiger partial charge is 1.00 e. The van der Waals surface area contributed by atoms with Crippen molar-refractivity contribution >= 4 is 41.1 Å². The number of benzene rings is 1. The van der Waals surface area contributed by atoms with Gasteiger partial charge in [-0.1, -0.05) is 17.3 Å². The van der Waals surface area contributed by atoms with Crippen LogP contribution in [-0.4, -0.2) is 51.0 Å². The van der Waals surface area contributed by atoms with E-state index in [-0.39, 0.29) is 81.0 Å². The van der Waals surface area contributed by atoms with Crippen LogP contribution in [0.2, 0.25) is 0 Å². The standard InChI is InChI=1S/C21H24F4N7O16P3.4Li/c1-9(33)32(46-27-6-11-15(22)17(24)19(29-30-26)18(25)16(11)23)4-2-3-10-7-31(21(36)28-20(10)35)14-5-12(34)13(45-14)8-44-50(40,41)48-51(42,43)47-49(37,38)39;;;;/h2-3,7,12-14,27,34H,4-6,8H2,1H3,(H,40,41)(H,42,43)(H,28,35,36)(H2,37,38,39);;;;/q;4*+1/p-4/b3-2+;;;;/t12-,13+,14+;;;;/m0..../s1. The molecular formula is C21H20F4Li4N7O16P3. The Balaban J connectivity index is 0. The molecule has 23 nitrogen and oxygen atoms in total. The second kappa shape index (κ2) is 23.4. The molecule has 0 aliphatic carbocycles. The molecule has 0 saturated carbocycles. The molecule has 3 rings (SSSR count). The average molecular weight is 823 g/mol. The minimum Gasteiger partial charge on any atom is -0.790 e. The number of azide groups is 1. The number of carbonyl (C=O) groups is 1. The Kier molecular flexibility index (Phi) is 23.8. The topological polar surface area (TPSA) is 346 Å². The zero-order chi connectivity index (χ0) is 38.5. The van der Waals surface area contributed by atoms with Gasteiger partial charge in [0, 0.05) is 30.0 Å². The molecule has 1 fully saturated rings. The van der Waals surface area contributed by atoms with Crippen LogP contribution in [0.5, 0.6) is 0 Å². The van der Waals surface area contributed by atoms with Gasteiger partial charge in [-0.05, 0) is 5.53 Å². The Hall–Kier alpha value is -1.22. The molecule has 5 atom stereocenters. The molecule has 1 aliphatic heterocycles. The monoisotopic (exact) mass is 823 g/mol. The quantitative estimate of drug-likeness (QED) is 0.0207. The molecule has 1 amide bonds. The number of hydroxylamine groups is 3. The third-order valence-corrected chi connectivity index (χ3v) is 9.79. The van der Waals surface area contributed by atoms with Crippen LogP contribution in [0.4, 0.5) is 23.2 Å². The van der Waals surface area contributed by atoms with Gasteiger partial charge in [0.1, 0.15) is 18.0 Å². The number of nitrogens with zero attached hydrogens (tertiary/aromatic N) is 5. The molecule has 34 heteroatoms. The van der Waals surface area contributed by atoms with E-state index in [1.165, 1.54) is 0 Å². The number of carbonyl (C=O) groups excluding carboxylic acids is 1. The normalized spacial score (nSPS) is 18.7. The number of aromatic nitrogens is 2. The first-order valence-corrected chi connectivity index (χ1v) is 17.6. The molecule has 282 valence electrons. The molecule has 2 unspecified atom stereocenters. The van der Waals surface area contributed by atoms with Crippen molar-refractivity contribution in [3.8, 4) is 0 Å². The number of aliphatic hydroxyl groups is 1. The van der Waals surface area contributed by atoms with Crippen molar-refractivity contribution in [2.45, 2.75) is 38.3 Å². The van der Waals surface area contributed by atoms with Gasteiger partial charge in [-0.25, -0.2) is 26.7 Å². The second-order valence-electron chi connectivity index (χ2n) is 9.65. The minimum absolute atomic E-state index is 0. The SMILES string of the molecule is CC(=O)N(C/C=C/c1cn([C@H]2C[C@H](O)[C@@H](COP(=O)([O-])OP(=O)([O-])OP(=O)([O-])[O-])O2)c(=O)[nH]c1=O)ONCc1c(F)c(F)c(N=[N+]=[N-])c(F)c1F.[Li+].[Li+].[Li+].[Li+]. The Morgan fingerprint density at radius 2 is 1.67 bits per heavy atom. The summed E-state index contributed by atoms with van der Waals surface area (Å²) in [5.41, 5.74) is 5.05. The van der Waals surface area contributed by atoms with Crippen LogP contribution < -0.4 is 112 Å².